The van der Waals surface area contributed by atoms with Crippen molar-refractivity contribution < 1.29 is 5.11 Å². The lowest BCUT2D eigenvalue weighted by Crippen LogP contribution is -2.07. The number of aliphatic hydroxyl groups excluding tert-OH is 1. The molecular weight excluding hydrogens is 310 g/mol. The highest BCUT2D eigenvalue weighted by molar-refractivity contribution is 7.99. The van der Waals surface area contributed by atoms with E-state index in [-0.39, 0.29) is 6.61 Å². The van der Waals surface area contributed by atoms with Crippen LogP contribution in [0.25, 0.3) is 11.0 Å². The maximum atomic E-state index is 9.34. The molecule has 0 aliphatic carbocycles. The molecule has 2 heterocycles. The highest BCUT2D eigenvalue weighted by Gasteiger charge is 2.12. The van der Waals surface area contributed by atoms with Crippen molar-refractivity contribution in [2.45, 2.75) is 45.1 Å². The summed E-state index contributed by atoms with van der Waals surface area (Å²) in [6.45, 7) is 5.77. The zero-order valence-electron chi connectivity index (χ0n) is 13.4. The number of fused-ring (bicyclic) bond motifs is 1. The third-order valence-corrected chi connectivity index (χ3v) is 4.72. The number of aryl methyl sites for hydroxylation is 2. The van der Waals surface area contributed by atoms with E-state index in [2.05, 4.69) is 32.7 Å². The third kappa shape index (κ3) is 3.25. The molecule has 6 nitrogen and oxygen atoms in total. The van der Waals surface area contributed by atoms with Crippen LogP contribution < -0.4 is 0 Å². The van der Waals surface area contributed by atoms with Crippen molar-refractivity contribution in [1.82, 2.24) is 24.3 Å². The quantitative estimate of drug-likeness (QED) is 0.674. The summed E-state index contributed by atoms with van der Waals surface area (Å²) in [5.41, 5.74) is 2.20. The topological polar surface area (TPSA) is 68.8 Å². The lowest BCUT2D eigenvalue weighted by molar-refractivity contribution is 0.263. The number of imidazole rings is 1. The monoisotopic (exact) mass is 331 g/mol. The van der Waals surface area contributed by atoms with E-state index >= 15 is 0 Å². The van der Waals surface area contributed by atoms with E-state index in [1.807, 2.05) is 29.7 Å². The van der Waals surface area contributed by atoms with Gasteiger partial charge in [-0.15, -0.1) is 10.2 Å². The first-order valence-electron chi connectivity index (χ1n) is 7.82. The third-order valence-electron chi connectivity index (χ3n) is 3.77. The van der Waals surface area contributed by atoms with Crippen LogP contribution in [0.1, 0.15) is 25.0 Å². The van der Waals surface area contributed by atoms with Crippen LogP contribution in [0.4, 0.5) is 0 Å². The average molecular weight is 331 g/mol. The molecule has 1 aromatic carbocycles. The van der Waals surface area contributed by atoms with E-state index < -0.39 is 0 Å². The summed E-state index contributed by atoms with van der Waals surface area (Å²) in [6.07, 6.45) is 0.990. The molecule has 3 rings (SSSR count). The smallest absolute Gasteiger partial charge is 0.191 e. The minimum atomic E-state index is -0.0706. The van der Waals surface area contributed by atoms with Gasteiger partial charge in [-0.2, -0.15) is 0 Å². The highest BCUT2D eigenvalue weighted by atomic mass is 32.2. The molecule has 3 aromatic rings. The Morgan fingerprint density at radius 1 is 1.13 bits per heavy atom. The zero-order valence-corrected chi connectivity index (χ0v) is 14.3. The van der Waals surface area contributed by atoms with Gasteiger partial charge in [0.2, 0.25) is 0 Å². The molecule has 7 heteroatoms. The van der Waals surface area contributed by atoms with Gasteiger partial charge < -0.3 is 14.2 Å². The number of benzene rings is 1. The Morgan fingerprint density at radius 3 is 2.74 bits per heavy atom. The maximum absolute atomic E-state index is 9.34. The van der Waals surface area contributed by atoms with Gasteiger partial charge in [0.25, 0.3) is 0 Å². The second-order valence-electron chi connectivity index (χ2n) is 5.36. The van der Waals surface area contributed by atoms with Gasteiger partial charge >= 0.3 is 0 Å². The van der Waals surface area contributed by atoms with E-state index in [4.69, 9.17) is 0 Å². The van der Waals surface area contributed by atoms with Crippen molar-refractivity contribution in [3.05, 3.63) is 35.9 Å². The van der Waals surface area contributed by atoms with Crippen LogP contribution in [0.5, 0.6) is 0 Å². The summed E-state index contributed by atoms with van der Waals surface area (Å²) in [6, 6.07) is 8.19. The number of para-hydroxylation sites is 2. The molecule has 23 heavy (non-hydrogen) atoms. The van der Waals surface area contributed by atoms with Crippen molar-refractivity contribution >= 4 is 22.8 Å². The van der Waals surface area contributed by atoms with E-state index in [1.165, 1.54) is 0 Å². The largest absolute Gasteiger partial charge is 0.388 e. The minimum Gasteiger partial charge on any atom is -0.388 e. The molecule has 0 saturated carbocycles. The van der Waals surface area contributed by atoms with Gasteiger partial charge in [0.05, 0.1) is 11.0 Å². The Bertz CT molecular complexity index is 795. The average Bonchev–Trinajstić information content (AvgIpc) is 3.09. The Hall–Kier alpha value is -1.86. The van der Waals surface area contributed by atoms with Crippen LogP contribution in [0.2, 0.25) is 0 Å². The first kappa shape index (κ1) is 16.0. The SMILES string of the molecule is CCCn1c(CO)nnc1SCCn1c(C)nc2ccccc21. The lowest BCUT2D eigenvalue weighted by Gasteiger charge is -2.09. The molecule has 0 aliphatic heterocycles. The van der Waals surface area contributed by atoms with Gasteiger partial charge in [-0.05, 0) is 25.5 Å². The fraction of sp³-hybridized carbons (Fsp3) is 0.438. The molecule has 0 unspecified atom stereocenters. The molecule has 0 fully saturated rings. The Labute approximate surface area is 139 Å². The number of hydrogen-bond donors (Lipinski definition) is 1. The van der Waals surface area contributed by atoms with Crippen molar-refractivity contribution in [3.63, 3.8) is 0 Å². The van der Waals surface area contributed by atoms with Crippen LogP contribution in [0.3, 0.4) is 0 Å². The molecule has 0 saturated heterocycles. The lowest BCUT2D eigenvalue weighted by atomic mass is 10.3. The van der Waals surface area contributed by atoms with Gasteiger partial charge in [-0.1, -0.05) is 30.8 Å². The van der Waals surface area contributed by atoms with Gasteiger partial charge in [-0.25, -0.2) is 4.98 Å². The number of rotatable bonds is 7. The number of hydrogen-bond acceptors (Lipinski definition) is 5. The number of aromatic nitrogens is 5. The van der Waals surface area contributed by atoms with E-state index in [0.29, 0.717) is 5.82 Å². The summed E-state index contributed by atoms with van der Waals surface area (Å²) in [5, 5.41) is 18.5. The minimum absolute atomic E-state index is 0.0706. The number of aliphatic hydroxyl groups is 1. The molecule has 122 valence electrons. The second-order valence-corrected chi connectivity index (χ2v) is 6.42. The number of thioether (sulfide) groups is 1. The van der Waals surface area contributed by atoms with Crippen LogP contribution >= 0.6 is 11.8 Å². The first-order valence-corrected chi connectivity index (χ1v) is 8.80. The maximum Gasteiger partial charge on any atom is 0.191 e. The van der Waals surface area contributed by atoms with Crippen molar-refractivity contribution in [2.75, 3.05) is 5.75 Å². The molecular formula is C16H21N5OS. The van der Waals surface area contributed by atoms with Crippen molar-refractivity contribution in [1.29, 1.82) is 0 Å². The predicted molar refractivity (Wildman–Crippen MR) is 91.4 cm³/mol. The van der Waals surface area contributed by atoms with Gasteiger partial charge in [-0.3, -0.25) is 0 Å². The summed E-state index contributed by atoms with van der Waals surface area (Å²) in [7, 11) is 0. The summed E-state index contributed by atoms with van der Waals surface area (Å²) in [5.74, 6) is 2.55. The van der Waals surface area contributed by atoms with Gasteiger partial charge in [0, 0.05) is 18.8 Å². The predicted octanol–water partition coefficient (Wildman–Crippen LogP) is 2.63. The standard InChI is InChI=1S/C16H21N5OS/c1-3-8-21-15(11-22)18-19-16(21)23-10-9-20-12(2)17-13-6-4-5-7-14(13)20/h4-7,22H,3,8-11H2,1-2H3. The molecule has 2 aromatic heterocycles. The molecule has 0 aliphatic rings. The van der Waals surface area contributed by atoms with Crippen LogP contribution in [-0.2, 0) is 19.7 Å². The molecule has 0 radical (unpaired) electrons. The second kappa shape index (κ2) is 7.14. The van der Waals surface area contributed by atoms with Crippen LogP contribution in [0.15, 0.2) is 29.4 Å². The van der Waals surface area contributed by atoms with Crippen LogP contribution in [-0.4, -0.2) is 35.2 Å². The molecule has 0 spiro atoms. The van der Waals surface area contributed by atoms with E-state index in [9.17, 15) is 5.11 Å². The van der Waals surface area contributed by atoms with Gasteiger partial charge in [0.1, 0.15) is 12.4 Å². The molecule has 0 atom stereocenters. The summed E-state index contributed by atoms with van der Waals surface area (Å²) < 4.78 is 4.24. The van der Waals surface area contributed by atoms with Gasteiger partial charge in [0.15, 0.2) is 11.0 Å². The zero-order chi connectivity index (χ0) is 16.2. The first-order chi connectivity index (χ1) is 11.2. The van der Waals surface area contributed by atoms with Crippen LogP contribution in [0, 0.1) is 6.92 Å². The Kier molecular flexibility index (Phi) is 4.97. The molecule has 0 bridgehead atoms. The van der Waals surface area contributed by atoms with Crippen molar-refractivity contribution in [3.8, 4) is 0 Å². The normalized spacial score (nSPS) is 11.4. The van der Waals surface area contributed by atoms with E-state index in [1.54, 1.807) is 11.8 Å². The fourth-order valence-electron chi connectivity index (χ4n) is 2.70. The highest BCUT2D eigenvalue weighted by Crippen LogP contribution is 2.20. The van der Waals surface area contributed by atoms with E-state index in [0.717, 1.165) is 47.3 Å². The number of nitrogens with zero attached hydrogens (tertiary/aromatic N) is 5. The molecule has 0 amide bonds. The molecule has 1 N–H and O–H groups in total. The summed E-state index contributed by atoms with van der Waals surface area (Å²) >= 11 is 1.67. The summed E-state index contributed by atoms with van der Waals surface area (Å²) in [4.78, 5) is 4.59. The Balaban J connectivity index is 1.72. The van der Waals surface area contributed by atoms with Crippen molar-refractivity contribution in [2.24, 2.45) is 0 Å². The fourth-order valence-corrected chi connectivity index (χ4v) is 3.60. The Morgan fingerprint density at radius 2 is 1.96 bits per heavy atom.